The maximum Gasteiger partial charge on any atom is 0.229 e. The van der Waals surface area contributed by atoms with Crippen molar-refractivity contribution >= 4 is 23.5 Å². The van der Waals surface area contributed by atoms with Gasteiger partial charge in [0.25, 0.3) is 0 Å². The van der Waals surface area contributed by atoms with Gasteiger partial charge in [0.2, 0.25) is 17.2 Å². The van der Waals surface area contributed by atoms with Gasteiger partial charge in [-0.3, -0.25) is 0 Å². The van der Waals surface area contributed by atoms with E-state index in [1.165, 1.54) is 0 Å². The average molecular weight is 255 g/mol. The summed E-state index contributed by atoms with van der Waals surface area (Å²) >= 11 is 5.77. The summed E-state index contributed by atoms with van der Waals surface area (Å²) in [6.45, 7) is 3.09. The smallest absolute Gasteiger partial charge is 0.229 e. The van der Waals surface area contributed by atoms with Gasteiger partial charge in [-0.25, -0.2) is 0 Å². The molecule has 2 aromatic heterocycles. The van der Waals surface area contributed by atoms with E-state index >= 15 is 0 Å². The Morgan fingerprint density at radius 3 is 2.65 bits per heavy atom. The molecular formula is C9H11ClN6O. The summed E-state index contributed by atoms with van der Waals surface area (Å²) in [4.78, 5) is 12.0. The van der Waals surface area contributed by atoms with Crippen molar-refractivity contribution < 1.29 is 4.52 Å². The summed E-state index contributed by atoms with van der Waals surface area (Å²) in [6.07, 6.45) is 1.57. The fraction of sp³-hybridized carbons (Fsp3) is 0.333. The number of nitrogens with one attached hydrogen (secondary N) is 2. The van der Waals surface area contributed by atoms with Gasteiger partial charge in [-0.05, 0) is 18.5 Å². The number of hydrogen-bond acceptors (Lipinski definition) is 7. The Balaban J connectivity index is 2.04. The molecule has 0 radical (unpaired) electrons. The van der Waals surface area contributed by atoms with E-state index in [0.29, 0.717) is 30.7 Å². The topological polar surface area (TPSA) is 88.8 Å². The minimum Gasteiger partial charge on any atom is -0.360 e. The largest absolute Gasteiger partial charge is 0.360 e. The van der Waals surface area contributed by atoms with E-state index < -0.39 is 0 Å². The molecule has 7 nitrogen and oxygen atoms in total. The molecule has 8 heteroatoms. The Bertz CT molecular complexity index is 474. The van der Waals surface area contributed by atoms with Gasteiger partial charge in [-0.1, -0.05) is 5.16 Å². The predicted octanol–water partition coefficient (Wildman–Crippen LogP) is 1.56. The summed E-state index contributed by atoms with van der Waals surface area (Å²) in [5.74, 6) is 1.51. The van der Waals surface area contributed by atoms with Crippen LogP contribution < -0.4 is 10.6 Å². The molecule has 0 atom stereocenters. The van der Waals surface area contributed by atoms with Gasteiger partial charge in [-0.2, -0.15) is 15.0 Å². The number of hydrogen-bond donors (Lipinski definition) is 2. The highest BCUT2D eigenvalue weighted by Gasteiger charge is 2.04. The Morgan fingerprint density at radius 2 is 2.00 bits per heavy atom. The lowest BCUT2D eigenvalue weighted by atomic mass is 10.4. The molecule has 0 spiro atoms. The van der Waals surface area contributed by atoms with Gasteiger partial charge in [0.1, 0.15) is 0 Å². The molecule has 2 rings (SSSR count). The fourth-order valence-electron chi connectivity index (χ4n) is 1.17. The van der Waals surface area contributed by atoms with Gasteiger partial charge in [0, 0.05) is 12.6 Å². The molecule has 0 fully saturated rings. The second-order valence-electron chi connectivity index (χ2n) is 3.11. The molecule has 90 valence electrons. The lowest BCUT2D eigenvalue weighted by Gasteiger charge is -2.05. The normalized spacial score (nSPS) is 10.2. The molecule has 0 saturated carbocycles. The van der Waals surface area contributed by atoms with E-state index in [4.69, 9.17) is 16.1 Å². The number of aromatic nitrogens is 4. The van der Waals surface area contributed by atoms with Crippen molar-refractivity contribution in [2.24, 2.45) is 0 Å². The Kier molecular flexibility index (Phi) is 3.71. The zero-order valence-corrected chi connectivity index (χ0v) is 9.90. The molecule has 0 saturated heterocycles. The Labute approximate surface area is 103 Å². The van der Waals surface area contributed by atoms with Crippen molar-refractivity contribution in [2.45, 2.75) is 13.5 Å². The van der Waals surface area contributed by atoms with Crippen molar-refractivity contribution in [3.63, 3.8) is 0 Å². The highest BCUT2D eigenvalue weighted by Crippen LogP contribution is 2.10. The number of anilines is 2. The number of halogens is 1. The molecule has 0 unspecified atom stereocenters. The first kappa shape index (κ1) is 11.6. The molecule has 0 bridgehead atoms. The van der Waals surface area contributed by atoms with E-state index in [0.717, 1.165) is 0 Å². The molecule has 2 aromatic rings. The second-order valence-corrected chi connectivity index (χ2v) is 3.45. The van der Waals surface area contributed by atoms with Crippen LogP contribution in [-0.4, -0.2) is 26.7 Å². The zero-order valence-electron chi connectivity index (χ0n) is 9.14. The van der Waals surface area contributed by atoms with E-state index in [1.807, 2.05) is 6.92 Å². The molecule has 2 heterocycles. The van der Waals surface area contributed by atoms with Crippen LogP contribution in [0.25, 0.3) is 0 Å². The van der Waals surface area contributed by atoms with Crippen LogP contribution in [0.5, 0.6) is 0 Å². The molecule has 0 aromatic carbocycles. The van der Waals surface area contributed by atoms with Gasteiger partial charge >= 0.3 is 0 Å². The van der Waals surface area contributed by atoms with E-state index in [-0.39, 0.29) is 5.28 Å². The van der Waals surface area contributed by atoms with Gasteiger partial charge < -0.3 is 15.2 Å². The van der Waals surface area contributed by atoms with E-state index in [2.05, 4.69) is 30.7 Å². The van der Waals surface area contributed by atoms with Crippen molar-refractivity contribution in [2.75, 3.05) is 17.2 Å². The molecular weight excluding hydrogens is 244 g/mol. The molecule has 17 heavy (non-hydrogen) atoms. The Hall–Kier alpha value is -1.89. The maximum absolute atomic E-state index is 5.77. The predicted molar refractivity (Wildman–Crippen MR) is 62.8 cm³/mol. The highest BCUT2D eigenvalue weighted by molar-refractivity contribution is 6.28. The van der Waals surface area contributed by atoms with Crippen LogP contribution in [-0.2, 0) is 6.54 Å². The lowest BCUT2D eigenvalue weighted by Crippen LogP contribution is -2.08. The standard InChI is InChI=1S/C9H11ClN6O/c1-2-11-8-14-7(10)15-9(16-8)12-5-6-3-4-13-17-6/h3-4H,2,5H2,1H3,(H2,11,12,14,15,16). The molecule has 0 aliphatic heterocycles. The zero-order chi connectivity index (χ0) is 12.1. The third kappa shape index (κ3) is 3.28. The summed E-state index contributed by atoms with van der Waals surface area (Å²) in [6, 6.07) is 1.75. The first-order valence-corrected chi connectivity index (χ1v) is 5.44. The summed E-state index contributed by atoms with van der Waals surface area (Å²) < 4.78 is 4.93. The average Bonchev–Trinajstić information content (AvgIpc) is 2.79. The quantitative estimate of drug-likeness (QED) is 0.837. The van der Waals surface area contributed by atoms with Crippen LogP contribution in [0.1, 0.15) is 12.7 Å². The third-order valence-corrected chi connectivity index (χ3v) is 2.02. The minimum atomic E-state index is 0.135. The van der Waals surface area contributed by atoms with Gasteiger partial charge in [0.05, 0.1) is 12.7 Å². The maximum atomic E-state index is 5.77. The van der Waals surface area contributed by atoms with Gasteiger partial charge in [0.15, 0.2) is 5.76 Å². The molecule has 0 aliphatic carbocycles. The molecule has 0 amide bonds. The number of nitrogens with zero attached hydrogens (tertiary/aromatic N) is 4. The van der Waals surface area contributed by atoms with Crippen molar-refractivity contribution in [3.8, 4) is 0 Å². The van der Waals surface area contributed by atoms with Crippen LogP contribution in [0.2, 0.25) is 5.28 Å². The summed E-state index contributed by atoms with van der Waals surface area (Å²) in [5.41, 5.74) is 0. The fourth-order valence-corrected chi connectivity index (χ4v) is 1.33. The monoisotopic (exact) mass is 254 g/mol. The van der Waals surface area contributed by atoms with Gasteiger partial charge in [-0.15, -0.1) is 0 Å². The number of rotatable bonds is 5. The highest BCUT2D eigenvalue weighted by atomic mass is 35.5. The van der Waals surface area contributed by atoms with Crippen LogP contribution in [0, 0.1) is 0 Å². The van der Waals surface area contributed by atoms with E-state index in [1.54, 1.807) is 12.3 Å². The molecule has 0 aliphatic rings. The van der Waals surface area contributed by atoms with Crippen molar-refractivity contribution in [1.29, 1.82) is 0 Å². The van der Waals surface area contributed by atoms with Crippen LogP contribution in [0.15, 0.2) is 16.8 Å². The first-order chi connectivity index (χ1) is 8.28. The summed E-state index contributed by atoms with van der Waals surface area (Å²) in [5, 5.41) is 9.65. The van der Waals surface area contributed by atoms with Crippen molar-refractivity contribution in [3.05, 3.63) is 23.3 Å². The Morgan fingerprint density at radius 1 is 1.24 bits per heavy atom. The SMILES string of the molecule is CCNc1nc(Cl)nc(NCc2ccno2)n1. The van der Waals surface area contributed by atoms with Crippen LogP contribution >= 0.6 is 11.6 Å². The lowest BCUT2D eigenvalue weighted by molar-refractivity contribution is 0.388. The van der Waals surface area contributed by atoms with Crippen LogP contribution in [0.3, 0.4) is 0 Å². The summed E-state index contributed by atoms with van der Waals surface area (Å²) in [7, 11) is 0. The van der Waals surface area contributed by atoms with Crippen molar-refractivity contribution in [1.82, 2.24) is 20.1 Å². The second kappa shape index (κ2) is 5.44. The third-order valence-electron chi connectivity index (χ3n) is 1.85. The first-order valence-electron chi connectivity index (χ1n) is 5.07. The molecule has 2 N–H and O–H groups in total. The van der Waals surface area contributed by atoms with Crippen LogP contribution in [0.4, 0.5) is 11.9 Å². The van der Waals surface area contributed by atoms with E-state index in [9.17, 15) is 0 Å². The minimum absolute atomic E-state index is 0.135.